The molecule has 1 saturated heterocycles. The Hall–Kier alpha value is -0.780. The maximum absolute atomic E-state index is 4.67. The number of hydrogen-bond acceptors (Lipinski definition) is 1. The minimum Gasteiger partial charge on any atom is -0.357 e. The predicted molar refractivity (Wildman–Crippen MR) is 97.1 cm³/mol. The lowest BCUT2D eigenvalue weighted by Gasteiger charge is -2.21. The van der Waals surface area contributed by atoms with Crippen molar-refractivity contribution in [2.24, 2.45) is 4.99 Å². The van der Waals surface area contributed by atoms with Crippen molar-refractivity contribution >= 4 is 29.9 Å². The molecule has 0 bridgehead atoms. The summed E-state index contributed by atoms with van der Waals surface area (Å²) in [6.45, 7) is 8.34. The van der Waals surface area contributed by atoms with Gasteiger partial charge in [-0.2, -0.15) is 0 Å². The highest BCUT2D eigenvalue weighted by atomic mass is 127. The molecule has 1 heterocycles. The molecule has 20 heavy (non-hydrogen) atoms. The standard InChI is InChI=1S/C16H25N3.HI/c1-3-11-18-16(17-4-2)19-12-10-15(13-19)14-8-6-5-7-9-14;/h5-9,15H,3-4,10-13H2,1-2H3,(H,17,18);1H. The van der Waals surface area contributed by atoms with Gasteiger partial charge in [-0.3, -0.25) is 4.99 Å². The molecule has 0 spiro atoms. The average Bonchev–Trinajstić information content (AvgIpc) is 2.94. The average molecular weight is 387 g/mol. The van der Waals surface area contributed by atoms with Gasteiger partial charge in [0.1, 0.15) is 0 Å². The maximum Gasteiger partial charge on any atom is 0.193 e. The van der Waals surface area contributed by atoms with Crippen molar-refractivity contribution in [3.63, 3.8) is 0 Å². The Balaban J connectivity index is 0.00000200. The van der Waals surface area contributed by atoms with Crippen LogP contribution in [0.1, 0.15) is 38.2 Å². The summed E-state index contributed by atoms with van der Waals surface area (Å²) in [5.74, 6) is 1.73. The Kier molecular flexibility index (Phi) is 7.95. The van der Waals surface area contributed by atoms with E-state index in [1.54, 1.807) is 0 Å². The smallest absolute Gasteiger partial charge is 0.193 e. The van der Waals surface area contributed by atoms with E-state index in [1.807, 2.05) is 0 Å². The van der Waals surface area contributed by atoms with Crippen LogP contribution in [-0.4, -0.2) is 37.0 Å². The lowest BCUT2D eigenvalue weighted by Crippen LogP contribution is -2.40. The summed E-state index contributed by atoms with van der Waals surface area (Å²) >= 11 is 0. The third-order valence-electron chi connectivity index (χ3n) is 3.58. The second kappa shape index (κ2) is 9.21. The first-order chi connectivity index (χ1) is 9.35. The van der Waals surface area contributed by atoms with Crippen LogP contribution in [0.25, 0.3) is 0 Å². The molecule has 0 radical (unpaired) electrons. The van der Waals surface area contributed by atoms with Crippen molar-refractivity contribution in [1.82, 2.24) is 10.2 Å². The van der Waals surface area contributed by atoms with Gasteiger partial charge < -0.3 is 10.2 Å². The summed E-state index contributed by atoms with van der Waals surface area (Å²) < 4.78 is 0. The molecule has 112 valence electrons. The summed E-state index contributed by atoms with van der Waals surface area (Å²) in [7, 11) is 0. The van der Waals surface area contributed by atoms with E-state index in [0.717, 1.165) is 38.6 Å². The minimum atomic E-state index is 0. The second-order valence-corrected chi connectivity index (χ2v) is 5.08. The fourth-order valence-corrected chi connectivity index (χ4v) is 2.59. The highest BCUT2D eigenvalue weighted by Crippen LogP contribution is 2.26. The van der Waals surface area contributed by atoms with Gasteiger partial charge in [-0.1, -0.05) is 37.3 Å². The van der Waals surface area contributed by atoms with Crippen LogP contribution >= 0.6 is 24.0 Å². The molecule has 1 aliphatic heterocycles. The molecule has 1 aliphatic rings. The lowest BCUT2D eigenvalue weighted by molar-refractivity contribution is 0.486. The van der Waals surface area contributed by atoms with Crippen LogP contribution in [0, 0.1) is 0 Å². The molecule has 1 N–H and O–H groups in total. The van der Waals surface area contributed by atoms with Crippen LogP contribution in [0.4, 0.5) is 0 Å². The molecule has 0 amide bonds. The molecule has 0 saturated carbocycles. The first kappa shape index (κ1) is 17.3. The molecule has 0 aromatic heterocycles. The van der Waals surface area contributed by atoms with E-state index in [1.165, 1.54) is 12.0 Å². The number of nitrogens with one attached hydrogen (secondary N) is 1. The molecule has 1 aromatic carbocycles. The van der Waals surface area contributed by atoms with Crippen molar-refractivity contribution in [2.45, 2.75) is 32.6 Å². The van der Waals surface area contributed by atoms with E-state index in [9.17, 15) is 0 Å². The van der Waals surface area contributed by atoms with Crippen molar-refractivity contribution in [2.75, 3.05) is 26.2 Å². The topological polar surface area (TPSA) is 27.6 Å². The number of likely N-dealkylation sites (tertiary alicyclic amines) is 1. The molecule has 3 nitrogen and oxygen atoms in total. The fourth-order valence-electron chi connectivity index (χ4n) is 2.59. The third kappa shape index (κ3) is 4.65. The van der Waals surface area contributed by atoms with Crippen LogP contribution in [-0.2, 0) is 0 Å². The van der Waals surface area contributed by atoms with E-state index < -0.39 is 0 Å². The molecular formula is C16H26IN3. The number of rotatable bonds is 4. The number of aliphatic imine (C=N–C) groups is 1. The summed E-state index contributed by atoms with van der Waals surface area (Å²) in [5.41, 5.74) is 1.45. The molecule has 1 aromatic rings. The van der Waals surface area contributed by atoms with Crippen LogP contribution in [0.2, 0.25) is 0 Å². The van der Waals surface area contributed by atoms with E-state index in [0.29, 0.717) is 5.92 Å². The van der Waals surface area contributed by atoms with Gasteiger partial charge in [-0.15, -0.1) is 24.0 Å². The van der Waals surface area contributed by atoms with E-state index in [2.05, 4.69) is 59.4 Å². The normalized spacial score (nSPS) is 18.8. The van der Waals surface area contributed by atoms with Crippen molar-refractivity contribution in [3.05, 3.63) is 35.9 Å². The Labute approximate surface area is 139 Å². The molecule has 1 fully saturated rings. The Morgan fingerprint density at radius 1 is 1.30 bits per heavy atom. The Morgan fingerprint density at radius 2 is 2.05 bits per heavy atom. The third-order valence-corrected chi connectivity index (χ3v) is 3.58. The first-order valence-electron chi connectivity index (χ1n) is 7.43. The zero-order chi connectivity index (χ0) is 13.5. The van der Waals surface area contributed by atoms with Gasteiger partial charge in [-0.25, -0.2) is 0 Å². The number of hydrogen-bond donors (Lipinski definition) is 1. The summed E-state index contributed by atoms with van der Waals surface area (Å²) in [6, 6.07) is 10.8. The largest absolute Gasteiger partial charge is 0.357 e. The molecule has 1 unspecified atom stereocenters. The van der Waals surface area contributed by atoms with E-state index in [-0.39, 0.29) is 24.0 Å². The monoisotopic (exact) mass is 387 g/mol. The van der Waals surface area contributed by atoms with Gasteiger partial charge >= 0.3 is 0 Å². The summed E-state index contributed by atoms with van der Waals surface area (Å²) in [6.07, 6.45) is 2.32. The van der Waals surface area contributed by atoms with E-state index in [4.69, 9.17) is 0 Å². The summed E-state index contributed by atoms with van der Waals surface area (Å²) in [4.78, 5) is 7.07. The zero-order valence-electron chi connectivity index (χ0n) is 12.5. The molecular weight excluding hydrogens is 361 g/mol. The van der Waals surface area contributed by atoms with Gasteiger partial charge in [-0.05, 0) is 25.3 Å². The van der Waals surface area contributed by atoms with Crippen LogP contribution in [0.15, 0.2) is 35.3 Å². The quantitative estimate of drug-likeness (QED) is 0.487. The first-order valence-corrected chi connectivity index (χ1v) is 7.43. The Bertz CT molecular complexity index is 405. The van der Waals surface area contributed by atoms with Gasteiger partial charge in [0.2, 0.25) is 0 Å². The second-order valence-electron chi connectivity index (χ2n) is 5.08. The van der Waals surface area contributed by atoms with E-state index >= 15 is 0 Å². The van der Waals surface area contributed by atoms with Crippen molar-refractivity contribution in [1.29, 1.82) is 0 Å². The summed E-state index contributed by atoms with van der Waals surface area (Å²) in [5, 5.41) is 3.41. The molecule has 0 aliphatic carbocycles. The zero-order valence-corrected chi connectivity index (χ0v) is 14.8. The number of guanidine groups is 1. The number of nitrogens with zero attached hydrogens (tertiary/aromatic N) is 2. The van der Waals surface area contributed by atoms with Crippen LogP contribution < -0.4 is 5.32 Å². The fraction of sp³-hybridized carbons (Fsp3) is 0.562. The van der Waals surface area contributed by atoms with Gasteiger partial charge in [0.15, 0.2) is 5.96 Å². The highest BCUT2D eigenvalue weighted by molar-refractivity contribution is 14.0. The van der Waals surface area contributed by atoms with Crippen LogP contribution in [0.3, 0.4) is 0 Å². The molecule has 2 rings (SSSR count). The number of benzene rings is 1. The Morgan fingerprint density at radius 3 is 2.70 bits per heavy atom. The van der Waals surface area contributed by atoms with Gasteiger partial charge in [0.25, 0.3) is 0 Å². The van der Waals surface area contributed by atoms with Gasteiger partial charge in [0.05, 0.1) is 0 Å². The minimum absolute atomic E-state index is 0. The predicted octanol–water partition coefficient (Wildman–Crippen LogP) is 3.47. The molecule has 1 atom stereocenters. The maximum atomic E-state index is 4.67. The highest BCUT2D eigenvalue weighted by Gasteiger charge is 2.25. The van der Waals surface area contributed by atoms with Gasteiger partial charge in [0, 0.05) is 32.1 Å². The van der Waals surface area contributed by atoms with Crippen LogP contribution in [0.5, 0.6) is 0 Å². The SMILES string of the molecule is CCCN=C(NCC)N1CCC(c2ccccc2)C1.I. The lowest BCUT2D eigenvalue weighted by atomic mass is 9.99. The van der Waals surface area contributed by atoms with Crippen molar-refractivity contribution < 1.29 is 0 Å². The number of halogens is 1. The molecule has 4 heteroatoms. The van der Waals surface area contributed by atoms with Crippen molar-refractivity contribution in [3.8, 4) is 0 Å².